The van der Waals surface area contributed by atoms with Gasteiger partial charge in [0.15, 0.2) is 0 Å². The van der Waals surface area contributed by atoms with Crippen LogP contribution in [0.1, 0.15) is 32.1 Å². The van der Waals surface area contributed by atoms with Gasteiger partial charge in [-0.25, -0.2) is 0 Å². The topological polar surface area (TPSA) is 37.3 Å². The van der Waals surface area contributed by atoms with Gasteiger partial charge in [-0.2, -0.15) is 0 Å². The Balaban J connectivity index is 2.32. The van der Waals surface area contributed by atoms with Crippen LogP contribution in [0.4, 0.5) is 0 Å². The molecule has 1 unspecified atom stereocenters. The average molecular weight is 154 g/mol. The molecule has 0 aromatic heterocycles. The van der Waals surface area contributed by atoms with Gasteiger partial charge >= 0.3 is 0 Å². The van der Waals surface area contributed by atoms with Gasteiger partial charge in [-0.05, 0) is 25.7 Å². The first kappa shape index (κ1) is 8.47. The number of carbonyl (C=O) groups is 1. The largest absolute Gasteiger partial charge is 0.393 e. The molecule has 1 aliphatic rings. The Bertz CT molecular complexity index is 161. The molecule has 0 amide bonds. The quantitative estimate of drug-likeness (QED) is 0.493. The monoisotopic (exact) mass is 154 g/mol. The van der Waals surface area contributed by atoms with E-state index in [1.807, 2.05) is 0 Å². The lowest BCUT2D eigenvalue weighted by Crippen LogP contribution is -2.11. The summed E-state index contributed by atoms with van der Waals surface area (Å²) in [6.07, 6.45) is 6.96. The van der Waals surface area contributed by atoms with Gasteiger partial charge in [-0.1, -0.05) is 11.6 Å². The minimum Gasteiger partial charge on any atom is -0.393 e. The summed E-state index contributed by atoms with van der Waals surface area (Å²) in [5.74, 6) is 0. The number of aldehydes is 1. The fourth-order valence-corrected chi connectivity index (χ4v) is 1.42. The lowest BCUT2D eigenvalue weighted by molar-refractivity contribution is -0.107. The molecule has 0 bridgehead atoms. The Morgan fingerprint density at radius 1 is 1.73 bits per heavy atom. The van der Waals surface area contributed by atoms with Gasteiger partial charge in [0, 0.05) is 6.42 Å². The first-order valence-corrected chi connectivity index (χ1v) is 4.12. The second kappa shape index (κ2) is 4.29. The van der Waals surface area contributed by atoms with Crippen molar-refractivity contribution in [3.8, 4) is 0 Å². The molecular formula is C9H14O2. The third kappa shape index (κ3) is 2.85. The molecule has 0 saturated heterocycles. The zero-order chi connectivity index (χ0) is 8.10. The highest BCUT2D eigenvalue weighted by molar-refractivity contribution is 5.49. The molecule has 0 spiro atoms. The van der Waals surface area contributed by atoms with Crippen LogP contribution in [0.5, 0.6) is 0 Å². The lowest BCUT2D eigenvalue weighted by Gasteiger charge is -2.17. The minimum absolute atomic E-state index is 0.165. The average Bonchev–Trinajstić information content (AvgIpc) is 2.01. The molecule has 1 atom stereocenters. The summed E-state index contributed by atoms with van der Waals surface area (Å²) < 4.78 is 0. The van der Waals surface area contributed by atoms with E-state index in [4.69, 9.17) is 0 Å². The van der Waals surface area contributed by atoms with Crippen molar-refractivity contribution in [3.05, 3.63) is 11.6 Å². The Hall–Kier alpha value is -0.630. The van der Waals surface area contributed by atoms with Crippen LogP contribution in [0, 0.1) is 0 Å². The van der Waals surface area contributed by atoms with E-state index in [1.165, 1.54) is 5.57 Å². The molecule has 1 N–H and O–H groups in total. The van der Waals surface area contributed by atoms with E-state index in [0.29, 0.717) is 6.42 Å². The number of hydrogen-bond donors (Lipinski definition) is 1. The molecule has 1 rings (SSSR count). The second-order valence-electron chi connectivity index (χ2n) is 3.00. The third-order valence-electron chi connectivity index (χ3n) is 2.01. The maximum absolute atomic E-state index is 10.0. The molecule has 11 heavy (non-hydrogen) atoms. The molecule has 0 aromatic carbocycles. The van der Waals surface area contributed by atoms with Crippen LogP contribution in [0.15, 0.2) is 11.6 Å². The standard InChI is InChI=1S/C9H14O2/c10-6-2-4-8-3-1-5-9(11)7-8/h3,6,9,11H,1-2,4-5,7H2. The highest BCUT2D eigenvalue weighted by atomic mass is 16.3. The SMILES string of the molecule is O=CCCC1=CCCC(O)C1. The maximum Gasteiger partial charge on any atom is 0.120 e. The van der Waals surface area contributed by atoms with Gasteiger partial charge in [-0.3, -0.25) is 0 Å². The normalized spacial score (nSPS) is 24.5. The van der Waals surface area contributed by atoms with Crippen LogP contribution < -0.4 is 0 Å². The van der Waals surface area contributed by atoms with E-state index in [-0.39, 0.29) is 6.10 Å². The first-order chi connectivity index (χ1) is 5.33. The van der Waals surface area contributed by atoms with E-state index in [2.05, 4.69) is 6.08 Å². The van der Waals surface area contributed by atoms with Gasteiger partial charge < -0.3 is 9.90 Å². The number of allylic oxidation sites excluding steroid dienone is 1. The fourth-order valence-electron chi connectivity index (χ4n) is 1.42. The van der Waals surface area contributed by atoms with Crippen molar-refractivity contribution >= 4 is 6.29 Å². The molecule has 0 saturated carbocycles. The summed E-state index contributed by atoms with van der Waals surface area (Å²) in [4.78, 5) is 10.0. The molecule has 0 heterocycles. The predicted octanol–water partition coefficient (Wildman–Crippen LogP) is 1.44. The first-order valence-electron chi connectivity index (χ1n) is 4.12. The summed E-state index contributed by atoms with van der Waals surface area (Å²) in [6.45, 7) is 0. The molecule has 62 valence electrons. The van der Waals surface area contributed by atoms with Gasteiger partial charge in [-0.15, -0.1) is 0 Å². The van der Waals surface area contributed by atoms with Crippen molar-refractivity contribution in [3.63, 3.8) is 0 Å². The minimum atomic E-state index is -0.165. The Morgan fingerprint density at radius 2 is 2.55 bits per heavy atom. The van der Waals surface area contributed by atoms with Crippen LogP contribution in [0.2, 0.25) is 0 Å². The van der Waals surface area contributed by atoms with Crippen molar-refractivity contribution in [2.24, 2.45) is 0 Å². The van der Waals surface area contributed by atoms with Crippen LogP contribution in [-0.4, -0.2) is 17.5 Å². The predicted molar refractivity (Wildman–Crippen MR) is 43.2 cm³/mol. The number of hydrogen-bond acceptors (Lipinski definition) is 2. The summed E-state index contributed by atoms with van der Waals surface area (Å²) in [7, 11) is 0. The van der Waals surface area contributed by atoms with Crippen molar-refractivity contribution in [1.82, 2.24) is 0 Å². The highest BCUT2D eigenvalue weighted by Gasteiger charge is 2.11. The van der Waals surface area contributed by atoms with E-state index in [9.17, 15) is 9.90 Å². The molecule has 0 aromatic rings. The number of carbonyl (C=O) groups excluding carboxylic acids is 1. The van der Waals surface area contributed by atoms with Crippen LogP contribution >= 0.6 is 0 Å². The van der Waals surface area contributed by atoms with E-state index < -0.39 is 0 Å². The van der Waals surface area contributed by atoms with Crippen molar-refractivity contribution in [2.45, 2.75) is 38.2 Å². The number of rotatable bonds is 3. The molecule has 0 radical (unpaired) electrons. The van der Waals surface area contributed by atoms with Crippen molar-refractivity contribution < 1.29 is 9.90 Å². The van der Waals surface area contributed by atoms with E-state index in [1.54, 1.807) is 0 Å². The molecule has 2 nitrogen and oxygen atoms in total. The van der Waals surface area contributed by atoms with E-state index >= 15 is 0 Å². The summed E-state index contributed by atoms with van der Waals surface area (Å²) in [5, 5.41) is 9.25. The molecule has 2 heteroatoms. The fraction of sp³-hybridized carbons (Fsp3) is 0.667. The Labute approximate surface area is 66.9 Å². The summed E-state index contributed by atoms with van der Waals surface area (Å²) in [5.41, 5.74) is 1.25. The summed E-state index contributed by atoms with van der Waals surface area (Å²) in [6, 6.07) is 0. The lowest BCUT2D eigenvalue weighted by atomic mass is 9.94. The zero-order valence-corrected chi connectivity index (χ0v) is 6.62. The van der Waals surface area contributed by atoms with E-state index in [0.717, 1.165) is 32.0 Å². The van der Waals surface area contributed by atoms with Crippen molar-refractivity contribution in [2.75, 3.05) is 0 Å². The van der Waals surface area contributed by atoms with Gasteiger partial charge in [0.25, 0.3) is 0 Å². The zero-order valence-electron chi connectivity index (χ0n) is 6.62. The molecule has 0 fully saturated rings. The third-order valence-corrected chi connectivity index (χ3v) is 2.01. The molecular weight excluding hydrogens is 140 g/mol. The number of aliphatic hydroxyl groups is 1. The summed E-state index contributed by atoms with van der Waals surface area (Å²) >= 11 is 0. The Morgan fingerprint density at radius 3 is 3.18 bits per heavy atom. The van der Waals surface area contributed by atoms with Gasteiger partial charge in [0.1, 0.15) is 6.29 Å². The van der Waals surface area contributed by atoms with Gasteiger partial charge in [0.05, 0.1) is 6.10 Å². The molecule has 0 aliphatic heterocycles. The second-order valence-corrected chi connectivity index (χ2v) is 3.00. The highest BCUT2D eigenvalue weighted by Crippen LogP contribution is 2.21. The molecule has 1 aliphatic carbocycles. The van der Waals surface area contributed by atoms with Crippen molar-refractivity contribution in [1.29, 1.82) is 0 Å². The smallest absolute Gasteiger partial charge is 0.120 e. The van der Waals surface area contributed by atoms with Gasteiger partial charge in [0.2, 0.25) is 0 Å². The maximum atomic E-state index is 10.0. The Kier molecular flexibility index (Phi) is 3.30. The number of aliphatic hydroxyl groups excluding tert-OH is 1. The van der Waals surface area contributed by atoms with Crippen LogP contribution in [-0.2, 0) is 4.79 Å². The van der Waals surface area contributed by atoms with Crippen LogP contribution in [0.3, 0.4) is 0 Å². The van der Waals surface area contributed by atoms with Crippen LogP contribution in [0.25, 0.3) is 0 Å².